The lowest BCUT2D eigenvalue weighted by Gasteiger charge is -2.27. The number of carbonyl (C=O) groups excluding carboxylic acids is 2. The third-order valence-corrected chi connectivity index (χ3v) is 5.30. The van der Waals surface area contributed by atoms with Gasteiger partial charge >= 0.3 is 5.97 Å². The summed E-state index contributed by atoms with van der Waals surface area (Å²) in [5.74, 6) is -2.17. The number of rotatable bonds is 7. The molecule has 0 saturated carbocycles. The summed E-state index contributed by atoms with van der Waals surface area (Å²) >= 11 is 0. The standard InChI is InChI=1S/C16H21FN2O7S/c1-11(20)15(18-27(23,24)13-4-2-12(17)3-5-13)16(22)26-10-14(21)19-6-8-25-9-7-19/h2-5,11,15,18,20H,6-10H2,1H3/t11-,15-/m0/s1. The summed E-state index contributed by atoms with van der Waals surface area (Å²) in [4.78, 5) is 25.3. The number of esters is 1. The maximum absolute atomic E-state index is 13.0. The zero-order valence-electron chi connectivity index (χ0n) is 14.6. The molecule has 150 valence electrons. The van der Waals surface area contributed by atoms with Gasteiger partial charge in [-0.25, -0.2) is 12.8 Å². The molecule has 1 aromatic carbocycles. The topological polar surface area (TPSA) is 122 Å². The van der Waals surface area contributed by atoms with Gasteiger partial charge in [-0.1, -0.05) is 0 Å². The number of carbonyl (C=O) groups is 2. The van der Waals surface area contributed by atoms with Crippen LogP contribution in [-0.2, 0) is 29.1 Å². The van der Waals surface area contributed by atoms with E-state index < -0.39 is 46.5 Å². The predicted molar refractivity (Wildman–Crippen MR) is 90.5 cm³/mol. The van der Waals surface area contributed by atoms with Crippen LogP contribution < -0.4 is 4.72 Å². The van der Waals surface area contributed by atoms with Crippen molar-refractivity contribution >= 4 is 21.9 Å². The van der Waals surface area contributed by atoms with E-state index in [-0.39, 0.29) is 4.90 Å². The molecule has 1 aliphatic rings. The Labute approximate surface area is 156 Å². The maximum Gasteiger partial charge on any atom is 0.327 e. The molecule has 0 bridgehead atoms. The summed E-state index contributed by atoms with van der Waals surface area (Å²) in [6, 6.07) is 2.31. The Kier molecular flexibility index (Phi) is 7.25. The van der Waals surface area contributed by atoms with Gasteiger partial charge in [0.1, 0.15) is 11.9 Å². The number of nitrogens with one attached hydrogen (secondary N) is 1. The SMILES string of the molecule is C[C@H](O)[C@H](NS(=O)(=O)c1ccc(F)cc1)C(=O)OCC(=O)N1CCOCC1. The Hall–Kier alpha value is -2.08. The number of nitrogens with zero attached hydrogens (tertiary/aromatic N) is 1. The molecule has 1 fully saturated rings. The van der Waals surface area contributed by atoms with Gasteiger partial charge in [0.15, 0.2) is 6.61 Å². The highest BCUT2D eigenvalue weighted by Crippen LogP contribution is 2.12. The third kappa shape index (κ3) is 5.96. The van der Waals surface area contributed by atoms with Gasteiger partial charge in [-0.3, -0.25) is 9.59 Å². The zero-order chi connectivity index (χ0) is 20.0. The van der Waals surface area contributed by atoms with Crippen LogP contribution in [0.25, 0.3) is 0 Å². The molecule has 27 heavy (non-hydrogen) atoms. The van der Waals surface area contributed by atoms with Crippen molar-refractivity contribution in [3.8, 4) is 0 Å². The molecule has 1 aromatic rings. The molecule has 0 radical (unpaired) electrons. The minimum Gasteiger partial charge on any atom is -0.454 e. The number of halogens is 1. The van der Waals surface area contributed by atoms with Crippen molar-refractivity contribution in [3.05, 3.63) is 30.1 Å². The molecular formula is C16H21FN2O7S. The number of morpholine rings is 1. The largest absolute Gasteiger partial charge is 0.454 e. The van der Waals surface area contributed by atoms with Gasteiger partial charge in [0.2, 0.25) is 10.0 Å². The Morgan fingerprint density at radius 3 is 2.44 bits per heavy atom. The van der Waals surface area contributed by atoms with Gasteiger partial charge in [-0.15, -0.1) is 0 Å². The lowest BCUT2D eigenvalue weighted by molar-refractivity contribution is -0.156. The first kappa shape index (κ1) is 21.2. The van der Waals surface area contributed by atoms with Crippen LogP contribution >= 0.6 is 0 Å². The second-order valence-electron chi connectivity index (χ2n) is 5.89. The van der Waals surface area contributed by atoms with Crippen LogP contribution in [0.15, 0.2) is 29.2 Å². The summed E-state index contributed by atoms with van der Waals surface area (Å²) < 4.78 is 49.6. The highest BCUT2D eigenvalue weighted by atomic mass is 32.2. The van der Waals surface area contributed by atoms with Crippen LogP contribution in [0.3, 0.4) is 0 Å². The fraction of sp³-hybridized carbons (Fsp3) is 0.500. The van der Waals surface area contributed by atoms with Crippen molar-refractivity contribution in [2.45, 2.75) is 24.0 Å². The summed E-state index contributed by atoms with van der Waals surface area (Å²) in [5, 5.41) is 9.75. The smallest absolute Gasteiger partial charge is 0.327 e. The molecule has 2 atom stereocenters. The molecule has 2 N–H and O–H groups in total. The molecule has 1 heterocycles. The average Bonchev–Trinajstić information content (AvgIpc) is 2.64. The van der Waals surface area contributed by atoms with E-state index in [1.807, 2.05) is 4.72 Å². The molecule has 1 amide bonds. The van der Waals surface area contributed by atoms with Crippen molar-refractivity contribution in [1.29, 1.82) is 0 Å². The van der Waals surface area contributed by atoms with Crippen LogP contribution in [0.2, 0.25) is 0 Å². The number of aliphatic hydroxyl groups is 1. The van der Waals surface area contributed by atoms with Gasteiger partial charge in [-0.05, 0) is 31.2 Å². The highest BCUT2D eigenvalue weighted by Gasteiger charge is 2.31. The molecule has 0 spiro atoms. The number of ether oxygens (including phenoxy) is 2. The minimum atomic E-state index is -4.21. The molecule has 9 nitrogen and oxygen atoms in total. The molecule has 0 unspecified atom stereocenters. The first-order valence-corrected chi connectivity index (χ1v) is 9.67. The van der Waals surface area contributed by atoms with Crippen molar-refractivity contribution < 1.29 is 37.0 Å². The van der Waals surface area contributed by atoms with E-state index in [0.717, 1.165) is 24.3 Å². The van der Waals surface area contributed by atoms with Gasteiger partial charge in [0, 0.05) is 13.1 Å². The van der Waals surface area contributed by atoms with Gasteiger partial charge in [0.05, 0.1) is 24.2 Å². The number of amides is 1. The quantitative estimate of drug-likeness (QED) is 0.574. The fourth-order valence-corrected chi connectivity index (χ4v) is 3.58. The van der Waals surface area contributed by atoms with Crippen LogP contribution in [-0.4, -0.2) is 75.4 Å². The van der Waals surface area contributed by atoms with Crippen LogP contribution in [0, 0.1) is 5.82 Å². The average molecular weight is 404 g/mol. The Balaban J connectivity index is 1.99. The van der Waals surface area contributed by atoms with Crippen molar-refractivity contribution in [2.24, 2.45) is 0 Å². The Bertz CT molecular complexity index is 761. The molecule has 0 aliphatic carbocycles. The first-order valence-electron chi connectivity index (χ1n) is 8.19. The van der Waals surface area contributed by atoms with Crippen LogP contribution in [0.5, 0.6) is 0 Å². The van der Waals surface area contributed by atoms with Gasteiger partial charge < -0.3 is 19.5 Å². The number of aliphatic hydroxyl groups excluding tert-OH is 1. The minimum absolute atomic E-state index is 0.285. The predicted octanol–water partition coefficient (Wildman–Crippen LogP) is -0.745. The summed E-state index contributed by atoms with van der Waals surface area (Å²) in [6.45, 7) is 2.12. The lowest BCUT2D eigenvalue weighted by Crippen LogP contribution is -2.49. The lowest BCUT2D eigenvalue weighted by atomic mass is 10.2. The first-order chi connectivity index (χ1) is 12.7. The molecule has 2 rings (SSSR count). The maximum atomic E-state index is 13.0. The monoisotopic (exact) mass is 404 g/mol. The molecular weight excluding hydrogens is 383 g/mol. The van der Waals surface area contributed by atoms with E-state index >= 15 is 0 Å². The van der Waals surface area contributed by atoms with Crippen LogP contribution in [0.1, 0.15) is 6.92 Å². The van der Waals surface area contributed by atoms with Crippen molar-refractivity contribution in [1.82, 2.24) is 9.62 Å². The summed E-state index contributed by atoms with van der Waals surface area (Å²) in [7, 11) is -4.21. The summed E-state index contributed by atoms with van der Waals surface area (Å²) in [6.07, 6.45) is -1.42. The number of hydrogen-bond acceptors (Lipinski definition) is 7. The van der Waals surface area contributed by atoms with E-state index in [9.17, 15) is 27.5 Å². The van der Waals surface area contributed by atoms with E-state index in [1.54, 1.807) is 0 Å². The molecule has 1 saturated heterocycles. The molecule has 0 aromatic heterocycles. The van der Waals surface area contributed by atoms with Gasteiger partial charge in [-0.2, -0.15) is 4.72 Å². The second-order valence-corrected chi connectivity index (χ2v) is 7.61. The van der Waals surface area contributed by atoms with Gasteiger partial charge in [0.25, 0.3) is 5.91 Å². The van der Waals surface area contributed by atoms with E-state index in [0.29, 0.717) is 26.3 Å². The normalized spacial score (nSPS) is 17.2. The fourth-order valence-electron chi connectivity index (χ4n) is 2.32. The van der Waals surface area contributed by atoms with E-state index in [2.05, 4.69) is 0 Å². The highest BCUT2D eigenvalue weighted by molar-refractivity contribution is 7.89. The molecule has 11 heteroatoms. The Morgan fingerprint density at radius 1 is 1.30 bits per heavy atom. The summed E-state index contributed by atoms with van der Waals surface area (Å²) in [5.41, 5.74) is 0. The zero-order valence-corrected chi connectivity index (χ0v) is 15.4. The number of sulfonamides is 1. The second kappa shape index (κ2) is 9.22. The number of hydrogen-bond donors (Lipinski definition) is 2. The van der Waals surface area contributed by atoms with E-state index in [1.165, 1.54) is 11.8 Å². The number of benzene rings is 1. The van der Waals surface area contributed by atoms with Crippen LogP contribution in [0.4, 0.5) is 4.39 Å². The third-order valence-electron chi connectivity index (χ3n) is 3.84. The Morgan fingerprint density at radius 2 is 1.89 bits per heavy atom. The van der Waals surface area contributed by atoms with Crippen molar-refractivity contribution in [2.75, 3.05) is 32.9 Å². The molecule has 1 aliphatic heterocycles. The van der Waals surface area contributed by atoms with E-state index in [4.69, 9.17) is 9.47 Å². The van der Waals surface area contributed by atoms with Crippen molar-refractivity contribution in [3.63, 3.8) is 0 Å².